The quantitative estimate of drug-likeness (QED) is 0.697. The molecular formula is C12H10FN3O. The number of nitrogens with one attached hydrogen (secondary N) is 1. The van der Waals surface area contributed by atoms with E-state index in [0.29, 0.717) is 16.9 Å². The van der Waals surface area contributed by atoms with Crippen LogP contribution in [0.5, 0.6) is 0 Å². The third-order valence-electron chi connectivity index (χ3n) is 2.53. The zero-order chi connectivity index (χ0) is 11.8. The number of halogens is 1. The van der Waals surface area contributed by atoms with Crippen molar-refractivity contribution in [2.75, 3.05) is 0 Å². The molecule has 0 aliphatic heterocycles. The summed E-state index contributed by atoms with van der Waals surface area (Å²) >= 11 is 0. The molecule has 0 fully saturated rings. The van der Waals surface area contributed by atoms with Crippen LogP contribution in [0.3, 0.4) is 0 Å². The molecule has 0 spiro atoms. The van der Waals surface area contributed by atoms with Gasteiger partial charge in [0.2, 0.25) is 0 Å². The molecule has 0 radical (unpaired) electrons. The van der Waals surface area contributed by atoms with Crippen LogP contribution in [0.2, 0.25) is 0 Å². The minimum absolute atomic E-state index is 0. The first-order chi connectivity index (χ1) is 8.25. The molecule has 0 aliphatic carbocycles. The first-order valence-corrected chi connectivity index (χ1v) is 5.08. The van der Waals surface area contributed by atoms with Gasteiger partial charge in [-0.05, 0) is 12.1 Å². The standard InChI is InChI=1S/C12H8FN3O.H2/c13-9-4-2-1-3-8(9)10-7-12(17)16-11(15-10)5-6-14-16;/h1-7,14H;1H. The van der Waals surface area contributed by atoms with Crippen LogP contribution in [0, 0.1) is 5.82 Å². The Hall–Kier alpha value is -2.43. The summed E-state index contributed by atoms with van der Waals surface area (Å²) in [5.41, 5.74) is 0.870. The summed E-state index contributed by atoms with van der Waals surface area (Å²) in [7, 11) is 0. The van der Waals surface area contributed by atoms with Crippen LogP contribution >= 0.6 is 0 Å². The molecule has 3 aromatic rings. The topological polar surface area (TPSA) is 50.2 Å². The first kappa shape index (κ1) is 9.77. The van der Waals surface area contributed by atoms with Gasteiger partial charge in [0.1, 0.15) is 5.82 Å². The average Bonchev–Trinajstić information content (AvgIpc) is 2.78. The number of hydrogen-bond acceptors (Lipinski definition) is 2. The Morgan fingerprint density at radius 1 is 1.29 bits per heavy atom. The van der Waals surface area contributed by atoms with Crippen molar-refractivity contribution < 1.29 is 5.82 Å². The Morgan fingerprint density at radius 2 is 2.12 bits per heavy atom. The van der Waals surface area contributed by atoms with E-state index in [1.807, 2.05) is 0 Å². The molecule has 1 N–H and O–H groups in total. The zero-order valence-electron chi connectivity index (χ0n) is 8.72. The lowest BCUT2D eigenvalue weighted by atomic mass is 10.1. The molecule has 4 nitrogen and oxygen atoms in total. The SMILES string of the molecule is O=c1cc(-c2ccccc2F)nc2cc[nH]n12.[HH]. The highest BCUT2D eigenvalue weighted by atomic mass is 19.1. The Labute approximate surface area is 96.8 Å². The van der Waals surface area contributed by atoms with Crippen LogP contribution in [0.25, 0.3) is 16.9 Å². The Bertz CT molecular complexity index is 750. The predicted molar refractivity (Wildman–Crippen MR) is 63.3 cm³/mol. The monoisotopic (exact) mass is 231 g/mol. The highest BCUT2D eigenvalue weighted by Crippen LogP contribution is 2.19. The number of benzene rings is 1. The van der Waals surface area contributed by atoms with Crippen LogP contribution in [0.4, 0.5) is 4.39 Å². The van der Waals surface area contributed by atoms with Crippen molar-refractivity contribution in [1.82, 2.24) is 14.6 Å². The maximum atomic E-state index is 13.6. The van der Waals surface area contributed by atoms with E-state index in [1.165, 1.54) is 16.6 Å². The van der Waals surface area contributed by atoms with E-state index >= 15 is 0 Å². The van der Waals surface area contributed by atoms with Gasteiger partial charge in [0, 0.05) is 25.3 Å². The molecule has 3 rings (SSSR count). The van der Waals surface area contributed by atoms with Gasteiger partial charge in [0.15, 0.2) is 5.65 Å². The molecule has 5 heteroatoms. The number of H-pyrrole nitrogens is 1. The number of rotatable bonds is 1. The van der Waals surface area contributed by atoms with Crippen molar-refractivity contribution in [2.45, 2.75) is 0 Å². The fourth-order valence-electron chi connectivity index (χ4n) is 1.73. The predicted octanol–water partition coefficient (Wildman–Crippen LogP) is 2.07. The second kappa shape index (κ2) is 3.55. The lowest BCUT2D eigenvalue weighted by Crippen LogP contribution is -2.14. The molecule has 0 unspecified atom stereocenters. The summed E-state index contributed by atoms with van der Waals surface area (Å²) in [6.07, 6.45) is 1.61. The molecule has 0 atom stereocenters. The van der Waals surface area contributed by atoms with Crippen LogP contribution in [0.15, 0.2) is 47.4 Å². The largest absolute Gasteiger partial charge is 0.297 e. The minimum Gasteiger partial charge on any atom is -0.297 e. The third-order valence-corrected chi connectivity index (χ3v) is 2.53. The summed E-state index contributed by atoms with van der Waals surface area (Å²) in [6, 6.07) is 9.21. The molecular weight excluding hydrogens is 221 g/mol. The molecule has 0 bridgehead atoms. The van der Waals surface area contributed by atoms with Gasteiger partial charge in [-0.1, -0.05) is 12.1 Å². The van der Waals surface area contributed by atoms with E-state index in [9.17, 15) is 9.18 Å². The summed E-state index contributed by atoms with van der Waals surface area (Å²) in [5, 5.41) is 2.73. The van der Waals surface area contributed by atoms with E-state index in [4.69, 9.17) is 0 Å². The van der Waals surface area contributed by atoms with Crippen LogP contribution in [-0.4, -0.2) is 14.6 Å². The summed E-state index contributed by atoms with van der Waals surface area (Å²) in [5.74, 6) is -0.390. The van der Waals surface area contributed by atoms with E-state index in [1.54, 1.807) is 30.5 Å². The maximum Gasteiger partial charge on any atom is 0.273 e. The third kappa shape index (κ3) is 1.52. The number of hydrogen-bond donors (Lipinski definition) is 1. The lowest BCUT2D eigenvalue weighted by molar-refractivity contribution is 0.630. The summed E-state index contributed by atoms with van der Waals surface area (Å²) < 4.78 is 14.9. The zero-order valence-corrected chi connectivity index (χ0v) is 8.72. The smallest absolute Gasteiger partial charge is 0.273 e. The summed E-state index contributed by atoms with van der Waals surface area (Å²) in [4.78, 5) is 15.9. The normalized spacial score (nSPS) is 10.9. The molecule has 0 aliphatic rings. The fourth-order valence-corrected chi connectivity index (χ4v) is 1.73. The Morgan fingerprint density at radius 3 is 2.94 bits per heavy atom. The molecule has 17 heavy (non-hydrogen) atoms. The van der Waals surface area contributed by atoms with E-state index in [0.717, 1.165) is 0 Å². The molecule has 0 amide bonds. The molecule has 2 aromatic heterocycles. The van der Waals surface area contributed by atoms with Gasteiger partial charge in [-0.25, -0.2) is 13.9 Å². The molecule has 86 valence electrons. The number of nitrogens with zero attached hydrogens (tertiary/aromatic N) is 2. The lowest BCUT2D eigenvalue weighted by Gasteiger charge is -2.02. The highest BCUT2D eigenvalue weighted by molar-refractivity contribution is 5.61. The molecule has 0 saturated carbocycles. The number of aromatic nitrogens is 3. The summed E-state index contributed by atoms with van der Waals surface area (Å²) in [6.45, 7) is 0. The average molecular weight is 231 g/mol. The van der Waals surface area contributed by atoms with E-state index < -0.39 is 0 Å². The first-order valence-electron chi connectivity index (χ1n) is 5.08. The second-order valence-corrected chi connectivity index (χ2v) is 3.62. The van der Waals surface area contributed by atoms with E-state index in [-0.39, 0.29) is 12.8 Å². The Balaban J connectivity index is 0.00000120. The van der Waals surface area contributed by atoms with Gasteiger partial charge >= 0.3 is 0 Å². The number of aromatic amines is 1. The van der Waals surface area contributed by atoms with Gasteiger partial charge < -0.3 is 0 Å². The second-order valence-electron chi connectivity index (χ2n) is 3.62. The van der Waals surface area contributed by atoms with Crippen molar-refractivity contribution in [2.24, 2.45) is 0 Å². The molecule has 2 heterocycles. The van der Waals surface area contributed by atoms with Crippen molar-refractivity contribution in [3.63, 3.8) is 0 Å². The van der Waals surface area contributed by atoms with Crippen molar-refractivity contribution in [3.8, 4) is 11.3 Å². The fraction of sp³-hybridized carbons (Fsp3) is 0. The molecule has 0 saturated heterocycles. The van der Waals surface area contributed by atoms with Crippen molar-refractivity contribution in [3.05, 3.63) is 58.8 Å². The van der Waals surface area contributed by atoms with Gasteiger partial charge in [0.05, 0.1) is 5.69 Å². The van der Waals surface area contributed by atoms with Gasteiger partial charge in [-0.3, -0.25) is 9.89 Å². The van der Waals surface area contributed by atoms with Crippen molar-refractivity contribution in [1.29, 1.82) is 0 Å². The number of fused-ring (bicyclic) bond motifs is 1. The molecule has 1 aromatic carbocycles. The van der Waals surface area contributed by atoms with Crippen LogP contribution in [-0.2, 0) is 0 Å². The van der Waals surface area contributed by atoms with Gasteiger partial charge in [-0.15, -0.1) is 0 Å². The van der Waals surface area contributed by atoms with Crippen LogP contribution < -0.4 is 5.56 Å². The van der Waals surface area contributed by atoms with Gasteiger partial charge in [0.25, 0.3) is 5.56 Å². The highest BCUT2D eigenvalue weighted by Gasteiger charge is 2.08. The maximum absolute atomic E-state index is 13.6. The minimum atomic E-state index is -0.390. The van der Waals surface area contributed by atoms with Crippen LogP contribution in [0.1, 0.15) is 1.43 Å². The van der Waals surface area contributed by atoms with Crippen molar-refractivity contribution >= 4 is 5.65 Å². The van der Waals surface area contributed by atoms with E-state index in [2.05, 4.69) is 10.1 Å². The van der Waals surface area contributed by atoms with Gasteiger partial charge in [-0.2, -0.15) is 0 Å². The Kier molecular flexibility index (Phi) is 2.04.